The molecule has 1 aliphatic carbocycles. The van der Waals surface area contributed by atoms with E-state index < -0.39 is 10.0 Å². The molecule has 0 unspecified atom stereocenters. The maximum atomic E-state index is 12.3. The van der Waals surface area contributed by atoms with Gasteiger partial charge in [0.1, 0.15) is 0 Å². The SMILES string of the molecule is CCNc1ccc(S(=O)(=O)N(C)C)cc1NC(=O)CNCC1CC1. The Hall–Kier alpha value is -1.64. The van der Waals surface area contributed by atoms with Gasteiger partial charge in [0.05, 0.1) is 22.8 Å². The van der Waals surface area contributed by atoms with E-state index in [1.807, 2.05) is 6.92 Å². The molecule has 24 heavy (non-hydrogen) atoms. The lowest BCUT2D eigenvalue weighted by Gasteiger charge is -2.16. The molecule has 0 spiro atoms. The number of benzene rings is 1. The highest BCUT2D eigenvalue weighted by Crippen LogP contribution is 2.28. The van der Waals surface area contributed by atoms with Crippen molar-refractivity contribution in [3.63, 3.8) is 0 Å². The minimum Gasteiger partial charge on any atom is -0.384 e. The molecule has 0 aromatic heterocycles. The molecule has 0 saturated heterocycles. The Morgan fingerprint density at radius 1 is 1.25 bits per heavy atom. The predicted molar refractivity (Wildman–Crippen MR) is 95.7 cm³/mol. The van der Waals surface area contributed by atoms with Crippen molar-refractivity contribution in [2.45, 2.75) is 24.7 Å². The Kier molecular flexibility index (Phi) is 6.20. The molecule has 1 saturated carbocycles. The fourth-order valence-electron chi connectivity index (χ4n) is 2.25. The first-order chi connectivity index (χ1) is 11.3. The van der Waals surface area contributed by atoms with Crippen molar-refractivity contribution < 1.29 is 13.2 Å². The van der Waals surface area contributed by atoms with E-state index in [1.165, 1.54) is 39.1 Å². The third-order valence-corrected chi connectivity index (χ3v) is 5.64. The predicted octanol–water partition coefficient (Wildman–Crippen LogP) is 1.31. The molecule has 1 aromatic rings. The average molecular weight is 354 g/mol. The van der Waals surface area contributed by atoms with E-state index in [2.05, 4.69) is 16.0 Å². The van der Waals surface area contributed by atoms with Gasteiger partial charge in [0.25, 0.3) is 0 Å². The maximum Gasteiger partial charge on any atom is 0.242 e. The van der Waals surface area contributed by atoms with Crippen LogP contribution in [-0.2, 0) is 14.8 Å². The number of carbonyl (C=O) groups excluding carboxylic acids is 1. The summed E-state index contributed by atoms with van der Waals surface area (Å²) >= 11 is 0. The van der Waals surface area contributed by atoms with E-state index >= 15 is 0 Å². The number of amides is 1. The highest BCUT2D eigenvalue weighted by Gasteiger charge is 2.21. The van der Waals surface area contributed by atoms with Gasteiger partial charge < -0.3 is 16.0 Å². The zero-order chi connectivity index (χ0) is 17.7. The molecule has 0 atom stereocenters. The molecule has 2 rings (SSSR count). The Labute approximate surface area is 143 Å². The normalized spacial score (nSPS) is 14.7. The van der Waals surface area contributed by atoms with Gasteiger partial charge in [0.15, 0.2) is 0 Å². The van der Waals surface area contributed by atoms with E-state index in [-0.39, 0.29) is 17.3 Å². The Morgan fingerprint density at radius 3 is 2.54 bits per heavy atom. The van der Waals surface area contributed by atoms with Gasteiger partial charge in [-0.3, -0.25) is 4.79 Å². The summed E-state index contributed by atoms with van der Waals surface area (Å²) in [6.45, 7) is 3.67. The molecule has 0 heterocycles. The molecule has 1 fully saturated rings. The van der Waals surface area contributed by atoms with Gasteiger partial charge in [0, 0.05) is 20.6 Å². The summed E-state index contributed by atoms with van der Waals surface area (Å²) in [6, 6.07) is 4.70. The van der Waals surface area contributed by atoms with Gasteiger partial charge in [-0.2, -0.15) is 0 Å². The van der Waals surface area contributed by atoms with Crippen LogP contribution in [0.1, 0.15) is 19.8 Å². The van der Waals surface area contributed by atoms with Crippen molar-refractivity contribution in [1.82, 2.24) is 9.62 Å². The van der Waals surface area contributed by atoms with Gasteiger partial charge in [0.2, 0.25) is 15.9 Å². The summed E-state index contributed by atoms with van der Waals surface area (Å²) in [7, 11) is -0.589. The highest BCUT2D eigenvalue weighted by molar-refractivity contribution is 7.89. The molecule has 0 radical (unpaired) electrons. The molecule has 3 N–H and O–H groups in total. The molecule has 1 aliphatic rings. The van der Waals surface area contributed by atoms with Gasteiger partial charge >= 0.3 is 0 Å². The summed E-state index contributed by atoms with van der Waals surface area (Å²) in [5.41, 5.74) is 1.17. The van der Waals surface area contributed by atoms with Gasteiger partial charge in [-0.1, -0.05) is 0 Å². The van der Waals surface area contributed by atoms with E-state index in [0.717, 1.165) is 10.8 Å². The number of nitrogens with one attached hydrogen (secondary N) is 3. The van der Waals surface area contributed by atoms with Crippen molar-refractivity contribution in [3.8, 4) is 0 Å². The largest absolute Gasteiger partial charge is 0.384 e. The molecule has 0 aliphatic heterocycles. The number of hydrogen-bond donors (Lipinski definition) is 3. The lowest BCUT2D eigenvalue weighted by atomic mass is 10.2. The molecule has 8 heteroatoms. The molecule has 1 amide bonds. The first kappa shape index (κ1) is 18.7. The van der Waals surface area contributed by atoms with E-state index in [1.54, 1.807) is 6.07 Å². The summed E-state index contributed by atoms with van der Waals surface area (Å²) < 4.78 is 25.7. The summed E-state index contributed by atoms with van der Waals surface area (Å²) in [6.07, 6.45) is 2.45. The molecule has 1 aromatic carbocycles. The van der Waals surface area contributed by atoms with Crippen LogP contribution >= 0.6 is 0 Å². The van der Waals surface area contributed by atoms with Crippen LogP contribution in [0.3, 0.4) is 0 Å². The Morgan fingerprint density at radius 2 is 1.96 bits per heavy atom. The van der Waals surface area contributed by atoms with Crippen molar-refractivity contribution in [3.05, 3.63) is 18.2 Å². The van der Waals surface area contributed by atoms with Gasteiger partial charge in [-0.15, -0.1) is 0 Å². The number of sulfonamides is 1. The first-order valence-corrected chi connectivity index (χ1v) is 9.59. The monoisotopic (exact) mass is 354 g/mol. The van der Waals surface area contributed by atoms with Crippen LogP contribution in [0.25, 0.3) is 0 Å². The highest BCUT2D eigenvalue weighted by atomic mass is 32.2. The van der Waals surface area contributed by atoms with Gasteiger partial charge in [-0.05, 0) is 50.4 Å². The van der Waals surface area contributed by atoms with Crippen LogP contribution in [0.4, 0.5) is 11.4 Å². The second kappa shape index (κ2) is 7.96. The summed E-state index contributed by atoms with van der Waals surface area (Å²) in [5, 5.41) is 9.05. The lowest BCUT2D eigenvalue weighted by molar-refractivity contribution is -0.115. The van der Waals surface area contributed by atoms with Gasteiger partial charge in [-0.25, -0.2) is 12.7 Å². The average Bonchev–Trinajstić information content (AvgIpc) is 3.33. The summed E-state index contributed by atoms with van der Waals surface area (Å²) in [5.74, 6) is 0.512. The van der Waals surface area contributed by atoms with Crippen molar-refractivity contribution >= 4 is 27.3 Å². The zero-order valence-electron chi connectivity index (χ0n) is 14.4. The molecule has 0 bridgehead atoms. The molecule has 134 valence electrons. The van der Waals surface area contributed by atoms with Crippen LogP contribution < -0.4 is 16.0 Å². The number of nitrogens with zero attached hydrogens (tertiary/aromatic N) is 1. The molecule has 7 nitrogen and oxygen atoms in total. The van der Waals surface area contributed by atoms with Crippen LogP contribution in [-0.4, -0.2) is 52.4 Å². The quantitative estimate of drug-likeness (QED) is 0.622. The van der Waals surface area contributed by atoms with Crippen LogP contribution in [0.15, 0.2) is 23.1 Å². The third kappa shape index (κ3) is 4.93. The van der Waals surface area contributed by atoms with Crippen LogP contribution in [0.2, 0.25) is 0 Å². The minimum atomic E-state index is -3.55. The van der Waals surface area contributed by atoms with Crippen molar-refractivity contribution in [2.24, 2.45) is 5.92 Å². The second-order valence-corrected chi connectivity index (χ2v) is 8.30. The third-order valence-electron chi connectivity index (χ3n) is 3.83. The second-order valence-electron chi connectivity index (χ2n) is 6.15. The standard InChI is InChI=1S/C16H26N4O3S/c1-4-18-14-8-7-13(24(22,23)20(2)3)9-15(14)19-16(21)11-17-10-12-5-6-12/h7-9,12,17-18H,4-6,10-11H2,1-3H3,(H,19,21). The Balaban J connectivity index is 2.13. The van der Waals surface area contributed by atoms with E-state index in [0.29, 0.717) is 23.8 Å². The number of anilines is 2. The zero-order valence-corrected chi connectivity index (χ0v) is 15.2. The number of hydrogen-bond acceptors (Lipinski definition) is 5. The first-order valence-electron chi connectivity index (χ1n) is 8.15. The van der Waals surface area contributed by atoms with Crippen molar-refractivity contribution in [1.29, 1.82) is 0 Å². The fourth-order valence-corrected chi connectivity index (χ4v) is 3.18. The van der Waals surface area contributed by atoms with Crippen LogP contribution in [0, 0.1) is 5.92 Å². The number of rotatable bonds is 9. The van der Waals surface area contributed by atoms with E-state index in [4.69, 9.17) is 0 Å². The summed E-state index contributed by atoms with van der Waals surface area (Å²) in [4.78, 5) is 12.3. The number of carbonyl (C=O) groups is 1. The lowest BCUT2D eigenvalue weighted by Crippen LogP contribution is -2.30. The molecular weight excluding hydrogens is 328 g/mol. The smallest absolute Gasteiger partial charge is 0.242 e. The topological polar surface area (TPSA) is 90.5 Å². The van der Waals surface area contributed by atoms with Crippen LogP contribution in [0.5, 0.6) is 0 Å². The van der Waals surface area contributed by atoms with E-state index in [9.17, 15) is 13.2 Å². The minimum absolute atomic E-state index is 0.149. The molecular formula is C16H26N4O3S. The fraction of sp³-hybridized carbons (Fsp3) is 0.562. The Bertz CT molecular complexity index is 685. The van der Waals surface area contributed by atoms with Crippen molar-refractivity contribution in [2.75, 3.05) is 44.4 Å². The maximum absolute atomic E-state index is 12.3.